The van der Waals surface area contributed by atoms with Gasteiger partial charge in [0.25, 0.3) is 11.7 Å². The van der Waals surface area contributed by atoms with Crippen LogP contribution in [0.3, 0.4) is 0 Å². The fraction of sp³-hybridized carbons (Fsp3) is 0.161. The van der Waals surface area contributed by atoms with Crippen LogP contribution < -0.4 is 14.4 Å². The molecule has 4 aromatic rings. The van der Waals surface area contributed by atoms with Crippen LogP contribution in [0.5, 0.6) is 11.5 Å². The zero-order valence-electron chi connectivity index (χ0n) is 20.8. The number of hydrogen-bond donors (Lipinski definition) is 1. The molecule has 1 heterocycles. The second kappa shape index (κ2) is 9.82. The van der Waals surface area contributed by atoms with Crippen molar-refractivity contribution in [2.24, 2.45) is 0 Å². The number of benzene rings is 4. The summed E-state index contributed by atoms with van der Waals surface area (Å²) in [5.41, 5.74) is 1.56. The van der Waals surface area contributed by atoms with Crippen LogP contribution in [0.4, 0.5) is 5.69 Å². The summed E-state index contributed by atoms with van der Waals surface area (Å²) in [4.78, 5) is 28.4. The van der Waals surface area contributed by atoms with Crippen LogP contribution in [0.25, 0.3) is 16.5 Å². The highest BCUT2D eigenvalue weighted by molar-refractivity contribution is 6.51. The van der Waals surface area contributed by atoms with Crippen molar-refractivity contribution in [1.29, 1.82) is 0 Å². The average Bonchev–Trinajstić information content (AvgIpc) is 3.18. The molecular weight excluding hydrogens is 466 g/mol. The summed E-state index contributed by atoms with van der Waals surface area (Å²) in [6.07, 6.45) is -0.00406. The highest BCUT2D eigenvalue weighted by Gasteiger charge is 2.47. The first-order chi connectivity index (χ1) is 17.9. The van der Waals surface area contributed by atoms with E-state index in [0.717, 1.165) is 10.8 Å². The number of para-hydroxylation sites is 1. The van der Waals surface area contributed by atoms with E-state index in [1.165, 1.54) is 12.0 Å². The van der Waals surface area contributed by atoms with Crippen LogP contribution in [0, 0.1) is 0 Å². The lowest BCUT2D eigenvalue weighted by molar-refractivity contribution is -0.132. The maximum Gasteiger partial charge on any atom is 0.300 e. The molecule has 0 saturated carbocycles. The van der Waals surface area contributed by atoms with E-state index in [-0.39, 0.29) is 17.4 Å². The summed E-state index contributed by atoms with van der Waals surface area (Å²) < 4.78 is 11.3. The molecule has 6 nitrogen and oxygen atoms in total. The minimum absolute atomic E-state index is 0.00406. The Morgan fingerprint density at radius 1 is 0.865 bits per heavy atom. The number of anilines is 1. The van der Waals surface area contributed by atoms with Gasteiger partial charge in [-0.15, -0.1) is 0 Å². The number of hydrogen-bond acceptors (Lipinski definition) is 5. The number of nitrogens with zero attached hydrogens (tertiary/aromatic N) is 1. The largest absolute Gasteiger partial charge is 0.507 e. The first kappa shape index (κ1) is 24.1. The predicted molar refractivity (Wildman–Crippen MR) is 144 cm³/mol. The maximum atomic E-state index is 13.5. The number of rotatable bonds is 6. The number of aliphatic hydroxyl groups is 1. The number of carbonyl (C=O) groups is 2. The summed E-state index contributed by atoms with van der Waals surface area (Å²) in [7, 11) is 1.53. The summed E-state index contributed by atoms with van der Waals surface area (Å²) in [6, 6.07) is 26.5. The minimum Gasteiger partial charge on any atom is -0.507 e. The molecule has 1 saturated heterocycles. The van der Waals surface area contributed by atoms with Crippen LogP contribution in [0.15, 0.2) is 96.6 Å². The summed E-state index contributed by atoms with van der Waals surface area (Å²) in [5.74, 6) is -0.564. The van der Waals surface area contributed by atoms with Gasteiger partial charge in [-0.2, -0.15) is 0 Å². The molecule has 1 amide bonds. The van der Waals surface area contributed by atoms with Crippen LogP contribution in [-0.4, -0.2) is 30.0 Å². The highest BCUT2D eigenvalue weighted by atomic mass is 16.5. The van der Waals surface area contributed by atoms with E-state index < -0.39 is 17.7 Å². The van der Waals surface area contributed by atoms with Crippen LogP contribution in [0.1, 0.15) is 31.0 Å². The van der Waals surface area contributed by atoms with Gasteiger partial charge in [0.2, 0.25) is 0 Å². The van der Waals surface area contributed by atoms with Gasteiger partial charge in [0.15, 0.2) is 0 Å². The molecule has 1 unspecified atom stereocenters. The number of methoxy groups -OCH3 is 1. The van der Waals surface area contributed by atoms with Gasteiger partial charge >= 0.3 is 0 Å². The maximum absolute atomic E-state index is 13.5. The fourth-order valence-corrected chi connectivity index (χ4v) is 4.73. The lowest BCUT2D eigenvalue weighted by Gasteiger charge is -2.27. The number of amides is 1. The zero-order chi connectivity index (χ0) is 26.1. The normalized spacial score (nSPS) is 17.0. The van der Waals surface area contributed by atoms with Crippen molar-refractivity contribution in [1.82, 2.24) is 0 Å². The topological polar surface area (TPSA) is 76.1 Å². The number of ether oxygens (including phenoxy) is 2. The van der Waals surface area contributed by atoms with Crippen LogP contribution in [-0.2, 0) is 9.59 Å². The standard InChI is InChI=1S/C31H27NO5/c1-19(2)37-24-16-14-23(15-17-24)32-28(25-10-6-7-11-26(25)36-3)27(30(34)31(32)35)29(33)22-13-12-20-8-4-5-9-21(20)18-22/h4-19,28,33H,1-3H3/b29-27+. The Labute approximate surface area is 215 Å². The average molecular weight is 494 g/mol. The van der Waals surface area contributed by atoms with Gasteiger partial charge in [-0.3, -0.25) is 14.5 Å². The predicted octanol–water partition coefficient (Wildman–Crippen LogP) is 6.26. The van der Waals surface area contributed by atoms with E-state index in [2.05, 4.69) is 0 Å². The second-order valence-corrected chi connectivity index (χ2v) is 9.13. The molecule has 0 aliphatic carbocycles. The summed E-state index contributed by atoms with van der Waals surface area (Å²) >= 11 is 0. The van der Waals surface area contributed by atoms with E-state index in [4.69, 9.17) is 9.47 Å². The Bertz CT molecular complexity index is 1520. The SMILES string of the molecule is COc1ccccc1C1/C(=C(\O)c2ccc3ccccc3c2)C(=O)C(=O)N1c1ccc(OC(C)C)cc1. The highest BCUT2D eigenvalue weighted by Crippen LogP contribution is 2.45. The quantitative estimate of drug-likeness (QED) is 0.195. The number of fused-ring (bicyclic) bond motifs is 1. The fourth-order valence-electron chi connectivity index (χ4n) is 4.73. The zero-order valence-corrected chi connectivity index (χ0v) is 20.8. The molecule has 186 valence electrons. The number of carbonyl (C=O) groups excluding carboxylic acids is 2. The van der Waals surface area contributed by atoms with Gasteiger partial charge in [0.05, 0.1) is 24.8 Å². The third-order valence-corrected chi connectivity index (χ3v) is 6.39. The first-order valence-corrected chi connectivity index (χ1v) is 12.1. The van der Waals surface area contributed by atoms with Crippen molar-refractivity contribution < 1.29 is 24.2 Å². The van der Waals surface area contributed by atoms with Crippen molar-refractivity contribution in [2.75, 3.05) is 12.0 Å². The number of Topliss-reactive ketones (excluding diaryl/α,β-unsaturated/α-hetero) is 1. The molecule has 0 aromatic heterocycles. The summed E-state index contributed by atoms with van der Waals surface area (Å²) in [6.45, 7) is 3.86. The number of ketones is 1. The van der Waals surface area contributed by atoms with Crippen molar-refractivity contribution in [2.45, 2.75) is 26.0 Å². The van der Waals surface area contributed by atoms with Gasteiger partial charge in [-0.25, -0.2) is 0 Å². The summed E-state index contributed by atoms with van der Waals surface area (Å²) in [5, 5.41) is 13.4. The Hall–Kier alpha value is -4.58. The Morgan fingerprint density at radius 3 is 2.24 bits per heavy atom. The molecule has 0 bridgehead atoms. The lowest BCUT2D eigenvalue weighted by Crippen LogP contribution is -2.29. The molecule has 1 aliphatic rings. The van der Waals surface area contributed by atoms with Gasteiger partial charge in [0.1, 0.15) is 17.3 Å². The van der Waals surface area contributed by atoms with Gasteiger partial charge in [-0.05, 0) is 61.0 Å². The van der Waals surface area contributed by atoms with Gasteiger partial charge < -0.3 is 14.6 Å². The molecule has 6 heteroatoms. The molecule has 1 atom stereocenters. The molecule has 0 radical (unpaired) electrons. The van der Waals surface area contributed by atoms with E-state index in [1.54, 1.807) is 42.5 Å². The molecule has 1 N–H and O–H groups in total. The number of aliphatic hydroxyl groups excluding tert-OH is 1. The molecular formula is C31H27NO5. The van der Waals surface area contributed by atoms with E-state index in [9.17, 15) is 14.7 Å². The Kier molecular flexibility index (Phi) is 6.40. The molecule has 5 rings (SSSR count). The first-order valence-electron chi connectivity index (χ1n) is 12.1. The second-order valence-electron chi connectivity index (χ2n) is 9.13. The Morgan fingerprint density at radius 2 is 1.54 bits per heavy atom. The Balaban J connectivity index is 1.69. The van der Waals surface area contributed by atoms with E-state index in [0.29, 0.717) is 28.3 Å². The van der Waals surface area contributed by atoms with Crippen molar-refractivity contribution >= 4 is 33.9 Å². The third-order valence-electron chi connectivity index (χ3n) is 6.39. The van der Waals surface area contributed by atoms with Gasteiger partial charge in [-0.1, -0.05) is 54.6 Å². The monoisotopic (exact) mass is 493 g/mol. The molecule has 1 aliphatic heterocycles. The molecule has 1 fully saturated rings. The smallest absolute Gasteiger partial charge is 0.300 e. The van der Waals surface area contributed by atoms with Crippen molar-refractivity contribution in [3.63, 3.8) is 0 Å². The van der Waals surface area contributed by atoms with E-state index in [1.807, 2.05) is 62.4 Å². The molecule has 37 heavy (non-hydrogen) atoms. The van der Waals surface area contributed by atoms with Crippen molar-refractivity contribution in [3.8, 4) is 11.5 Å². The van der Waals surface area contributed by atoms with Crippen LogP contribution in [0.2, 0.25) is 0 Å². The van der Waals surface area contributed by atoms with Crippen molar-refractivity contribution in [3.05, 3.63) is 108 Å². The van der Waals surface area contributed by atoms with E-state index >= 15 is 0 Å². The molecule has 0 spiro atoms. The minimum atomic E-state index is -0.889. The third kappa shape index (κ3) is 4.42. The van der Waals surface area contributed by atoms with Crippen LogP contribution >= 0.6 is 0 Å². The van der Waals surface area contributed by atoms with Gasteiger partial charge in [0, 0.05) is 16.8 Å². The lowest BCUT2D eigenvalue weighted by atomic mass is 9.93. The molecule has 4 aromatic carbocycles.